The van der Waals surface area contributed by atoms with Gasteiger partial charge in [0.2, 0.25) is 5.91 Å². The highest BCUT2D eigenvalue weighted by Crippen LogP contribution is 2.28. The Labute approximate surface area is 246 Å². The van der Waals surface area contributed by atoms with Crippen LogP contribution >= 0.6 is 11.6 Å². The van der Waals surface area contributed by atoms with Crippen LogP contribution in [0.1, 0.15) is 36.0 Å². The van der Waals surface area contributed by atoms with Crippen LogP contribution in [0, 0.1) is 5.92 Å². The van der Waals surface area contributed by atoms with Gasteiger partial charge in [0.05, 0.1) is 6.04 Å². The number of nitrogens with two attached hydrogens (primary N) is 1. The Balaban J connectivity index is 1.08. The molecule has 0 radical (unpaired) electrons. The standard InChI is InChI=1S/C33H39ClF2N4O/c34-28-10-11-29(24-6-2-1-3-7-24)26(22-28)14-17-38-15-12-25(13-16-38)31(37)33(41)40-20-18-39(19-21-40)23-27-8-4-5-9-30(27)32(35)36/h1-11,22,25,31-32H,12-21,23,37H2/t31-/m1/s1. The fourth-order valence-corrected chi connectivity index (χ4v) is 6.35. The summed E-state index contributed by atoms with van der Waals surface area (Å²) in [5.41, 5.74) is 10.9. The zero-order valence-electron chi connectivity index (χ0n) is 23.4. The van der Waals surface area contributed by atoms with E-state index in [1.54, 1.807) is 18.2 Å². The van der Waals surface area contributed by atoms with Crippen LogP contribution < -0.4 is 5.73 Å². The molecule has 5 rings (SSSR count). The van der Waals surface area contributed by atoms with Crippen molar-refractivity contribution in [3.05, 3.63) is 94.5 Å². The Morgan fingerprint density at radius 2 is 1.54 bits per heavy atom. The van der Waals surface area contributed by atoms with Crippen molar-refractivity contribution in [3.63, 3.8) is 0 Å². The smallest absolute Gasteiger partial charge is 0.264 e. The summed E-state index contributed by atoms with van der Waals surface area (Å²) < 4.78 is 26.7. The number of rotatable bonds is 9. The lowest BCUT2D eigenvalue weighted by atomic mass is 9.88. The SMILES string of the molecule is N[C@@H](C(=O)N1CCN(Cc2ccccc2C(F)F)CC1)C1CCN(CCc2cc(Cl)ccc2-c2ccccc2)CC1. The molecule has 2 N–H and O–H groups in total. The third kappa shape index (κ3) is 7.52. The molecule has 0 aliphatic carbocycles. The van der Waals surface area contributed by atoms with E-state index in [0.717, 1.165) is 43.9 Å². The molecule has 5 nitrogen and oxygen atoms in total. The number of amides is 1. The number of carbonyl (C=O) groups is 1. The highest BCUT2D eigenvalue weighted by atomic mass is 35.5. The molecule has 2 heterocycles. The average Bonchev–Trinajstić information content (AvgIpc) is 3.00. The maximum absolute atomic E-state index is 13.4. The lowest BCUT2D eigenvalue weighted by Gasteiger charge is -2.39. The molecule has 3 aromatic rings. The van der Waals surface area contributed by atoms with Crippen LogP contribution in [-0.2, 0) is 17.8 Å². The van der Waals surface area contributed by atoms with Crippen molar-refractivity contribution in [3.8, 4) is 11.1 Å². The maximum atomic E-state index is 13.4. The van der Waals surface area contributed by atoms with E-state index in [2.05, 4.69) is 46.2 Å². The second-order valence-corrected chi connectivity index (χ2v) is 11.7. The highest BCUT2D eigenvalue weighted by molar-refractivity contribution is 6.30. The summed E-state index contributed by atoms with van der Waals surface area (Å²) in [5.74, 6) is 0.184. The van der Waals surface area contributed by atoms with Gasteiger partial charge >= 0.3 is 0 Å². The molecule has 0 bridgehead atoms. The Bertz CT molecular complexity index is 1290. The number of hydrogen-bond donors (Lipinski definition) is 1. The minimum absolute atomic E-state index is 0.0162. The quantitative estimate of drug-likeness (QED) is 0.344. The minimum Gasteiger partial charge on any atom is -0.339 e. The molecule has 8 heteroatoms. The second kappa shape index (κ2) is 13.9. The third-order valence-corrected chi connectivity index (χ3v) is 8.88. The van der Waals surface area contributed by atoms with Crippen molar-refractivity contribution in [2.75, 3.05) is 45.8 Å². The van der Waals surface area contributed by atoms with Crippen molar-refractivity contribution >= 4 is 17.5 Å². The molecule has 0 aromatic heterocycles. The summed E-state index contributed by atoms with van der Waals surface area (Å²) in [5, 5.41) is 0.752. The van der Waals surface area contributed by atoms with Crippen LogP contribution in [-0.4, -0.2) is 72.5 Å². The van der Waals surface area contributed by atoms with Crippen molar-refractivity contribution < 1.29 is 13.6 Å². The van der Waals surface area contributed by atoms with Gasteiger partial charge in [-0.3, -0.25) is 9.69 Å². The molecule has 2 fully saturated rings. The predicted octanol–water partition coefficient (Wildman–Crippen LogP) is 5.87. The van der Waals surface area contributed by atoms with Crippen LogP contribution in [0.3, 0.4) is 0 Å². The summed E-state index contributed by atoms with van der Waals surface area (Å²) in [7, 11) is 0. The lowest BCUT2D eigenvalue weighted by molar-refractivity contribution is -0.136. The number of carbonyl (C=O) groups excluding carboxylic acids is 1. The average molecular weight is 581 g/mol. The Morgan fingerprint density at radius 3 is 2.24 bits per heavy atom. The van der Waals surface area contributed by atoms with E-state index in [4.69, 9.17) is 17.3 Å². The van der Waals surface area contributed by atoms with E-state index in [9.17, 15) is 13.6 Å². The summed E-state index contributed by atoms with van der Waals surface area (Å²) in [6.45, 7) is 5.71. The van der Waals surface area contributed by atoms with Gasteiger partial charge in [-0.15, -0.1) is 0 Å². The van der Waals surface area contributed by atoms with Crippen molar-refractivity contribution in [2.45, 2.75) is 38.3 Å². The van der Waals surface area contributed by atoms with Gasteiger partial charge in [0.25, 0.3) is 6.43 Å². The van der Waals surface area contributed by atoms with Gasteiger partial charge in [-0.05, 0) is 72.7 Å². The zero-order valence-corrected chi connectivity index (χ0v) is 24.2. The van der Waals surface area contributed by atoms with E-state index in [1.807, 2.05) is 17.0 Å². The van der Waals surface area contributed by atoms with E-state index in [1.165, 1.54) is 22.8 Å². The van der Waals surface area contributed by atoms with Gasteiger partial charge in [-0.25, -0.2) is 8.78 Å². The van der Waals surface area contributed by atoms with E-state index in [-0.39, 0.29) is 17.4 Å². The number of likely N-dealkylation sites (tertiary alicyclic amines) is 1. The molecule has 218 valence electrons. The monoisotopic (exact) mass is 580 g/mol. The molecule has 2 saturated heterocycles. The number of nitrogens with zero attached hydrogens (tertiary/aromatic N) is 3. The number of benzene rings is 3. The second-order valence-electron chi connectivity index (χ2n) is 11.2. The van der Waals surface area contributed by atoms with Gasteiger partial charge in [0.1, 0.15) is 0 Å². The first-order chi connectivity index (χ1) is 19.9. The first-order valence-electron chi connectivity index (χ1n) is 14.6. The molecule has 2 aliphatic heterocycles. The largest absolute Gasteiger partial charge is 0.339 e. The first-order valence-corrected chi connectivity index (χ1v) is 15.0. The summed E-state index contributed by atoms with van der Waals surface area (Å²) in [6, 6.07) is 22.7. The molecule has 0 saturated carbocycles. The number of piperidine rings is 1. The highest BCUT2D eigenvalue weighted by Gasteiger charge is 2.33. The van der Waals surface area contributed by atoms with E-state index >= 15 is 0 Å². The Morgan fingerprint density at radius 1 is 0.854 bits per heavy atom. The summed E-state index contributed by atoms with van der Waals surface area (Å²) in [4.78, 5) is 19.7. The summed E-state index contributed by atoms with van der Waals surface area (Å²) in [6.07, 6.45) is 0.227. The first kappa shape index (κ1) is 29.6. The zero-order chi connectivity index (χ0) is 28.8. The predicted molar refractivity (Wildman–Crippen MR) is 161 cm³/mol. The topological polar surface area (TPSA) is 52.8 Å². The van der Waals surface area contributed by atoms with Gasteiger partial charge in [-0.1, -0.05) is 72.3 Å². The molecule has 1 amide bonds. The fourth-order valence-electron chi connectivity index (χ4n) is 6.15. The van der Waals surface area contributed by atoms with Crippen LogP contribution in [0.15, 0.2) is 72.8 Å². The molecule has 41 heavy (non-hydrogen) atoms. The Kier molecular flexibility index (Phi) is 10.0. The molecular formula is C33H39ClF2N4O. The lowest BCUT2D eigenvalue weighted by Crippen LogP contribution is -2.55. The van der Waals surface area contributed by atoms with Gasteiger partial charge in [-0.2, -0.15) is 0 Å². The van der Waals surface area contributed by atoms with Crippen LogP contribution in [0.4, 0.5) is 8.78 Å². The Hall–Kier alpha value is -2.84. The van der Waals surface area contributed by atoms with E-state index in [0.29, 0.717) is 38.3 Å². The molecule has 0 unspecified atom stereocenters. The number of piperazine rings is 1. The number of hydrogen-bond acceptors (Lipinski definition) is 4. The number of alkyl halides is 2. The van der Waals surface area contributed by atoms with Crippen LogP contribution in [0.25, 0.3) is 11.1 Å². The summed E-state index contributed by atoms with van der Waals surface area (Å²) >= 11 is 6.34. The van der Waals surface area contributed by atoms with Crippen LogP contribution in [0.2, 0.25) is 5.02 Å². The fraction of sp³-hybridized carbons (Fsp3) is 0.424. The van der Waals surface area contributed by atoms with Crippen molar-refractivity contribution in [2.24, 2.45) is 11.7 Å². The van der Waals surface area contributed by atoms with Gasteiger partial charge in [0, 0.05) is 49.9 Å². The molecular weight excluding hydrogens is 542 g/mol. The molecule has 3 aromatic carbocycles. The minimum atomic E-state index is -2.48. The molecule has 2 aliphatic rings. The normalized spacial score (nSPS) is 18.1. The number of halogens is 3. The third-order valence-electron chi connectivity index (χ3n) is 8.64. The van der Waals surface area contributed by atoms with Crippen LogP contribution in [0.5, 0.6) is 0 Å². The van der Waals surface area contributed by atoms with Crippen molar-refractivity contribution in [1.29, 1.82) is 0 Å². The van der Waals surface area contributed by atoms with Crippen molar-refractivity contribution in [1.82, 2.24) is 14.7 Å². The van der Waals surface area contributed by atoms with E-state index < -0.39 is 12.5 Å². The van der Waals surface area contributed by atoms with Gasteiger partial charge < -0.3 is 15.5 Å². The maximum Gasteiger partial charge on any atom is 0.264 e. The van der Waals surface area contributed by atoms with Gasteiger partial charge in [0.15, 0.2) is 0 Å². The molecule has 1 atom stereocenters. The molecule has 0 spiro atoms.